The predicted molar refractivity (Wildman–Crippen MR) is 69.6 cm³/mol. The number of ether oxygens (including phenoxy) is 1. The van der Waals surface area contributed by atoms with Crippen LogP contribution < -0.4 is 5.43 Å². The molecule has 98 valence electrons. The third-order valence-electron chi connectivity index (χ3n) is 2.02. The molecule has 0 unspecified atom stereocenters. The van der Waals surface area contributed by atoms with Gasteiger partial charge in [-0.25, -0.2) is 0 Å². The molecule has 1 N–H and O–H groups in total. The van der Waals surface area contributed by atoms with Crippen LogP contribution >= 0.6 is 11.6 Å². The molecule has 1 aromatic heterocycles. The molecule has 7 heteroatoms. The van der Waals surface area contributed by atoms with Gasteiger partial charge in [0.15, 0.2) is 11.0 Å². The van der Waals surface area contributed by atoms with Crippen molar-refractivity contribution in [2.75, 3.05) is 12.0 Å². The number of esters is 1. The molecular weight excluding hydrogens is 256 g/mol. The second-order valence-corrected chi connectivity index (χ2v) is 3.75. The molecule has 1 aromatic rings. The van der Waals surface area contributed by atoms with E-state index in [2.05, 4.69) is 20.7 Å². The molecule has 0 aromatic carbocycles. The van der Waals surface area contributed by atoms with Gasteiger partial charge in [0.2, 0.25) is 0 Å². The van der Waals surface area contributed by atoms with E-state index in [1.54, 1.807) is 19.1 Å². The van der Waals surface area contributed by atoms with Crippen LogP contribution in [0.3, 0.4) is 0 Å². The maximum Gasteiger partial charge on any atom is 0.311 e. The van der Waals surface area contributed by atoms with Crippen molar-refractivity contribution in [2.45, 2.75) is 26.7 Å². The van der Waals surface area contributed by atoms with Crippen LogP contribution in [0, 0.1) is 0 Å². The second-order valence-electron chi connectivity index (χ2n) is 3.37. The van der Waals surface area contributed by atoms with Crippen molar-refractivity contribution in [3.8, 4) is 0 Å². The van der Waals surface area contributed by atoms with Crippen molar-refractivity contribution < 1.29 is 9.53 Å². The molecular formula is C11H15ClN4O2. The quantitative estimate of drug-likeness (QED) is 0.487. The highest BCUT2D eigenvalue weighted by molar-refractivity contribution is 6.29. The Kier molecular flexibility index (Phi) is 6.07. The molecule has 0 radical (unpaired) electrons. The number of anilines is 1. The van der Waals surface area contributed by atoms with Gasteiger partial charge in [0.05, 0.1) is 13.0 Å². The van der Waals surface area contributed by atoms with E-state index < -0.39 is 0 Å². The lowest BCUT2D eigenvalue weighted by atomic mass is 10.2. The number of aromatic nitrogens is 2. The van der Waals surface area contributed by atoms with Gasteiger partial charge in [0.1, 0.15) is 0 Å². The van der Waals surface area contributed by atoms with Crippen LogP contribution in [0.2, 0.25) is 5.15 Å². The van der Waals surface area contributed by atoms with E-state index in [-0.39, 0.29) is 12.4 Å². The van der Waals surface area contributed by atoms with Crippen LogP contribution in [0.4, 0.5) is 5.82 Å². The summed E-state index contributed by atoms with van der Waals surface area (Å²) in [7, 11) is 0. The standard InChI is InChI=1S/C11H15ClN4O2/c1-3-8(7-11(17)18-4-2)13-15-10-6-5-9(12)14-16-10/h5-6H,3-4,7H2,1-2H3,(H,15,16)/b13-8+. The number of carbonyl (C=O) groups is 1. The van der Waals surface area contributed by atoms with Gasteiger partial charge in [-0.1, -0.05) is 18.5 Å². The lowest BCUT2D eigenvalue weighted by molar-refractivity contribution is -0.141. The number of hydrogen-bond acceptors (Lipinski definition) is 6. The number of nitrogens with zero attached hydrogens (tertiary/aromatic N) is 3. The van der Waals surface area contributed by atoms with Gasteiger partial charge in [0, 0.05) is 5.71 Å². The van der Waals surface area contributed by atoms with E-state index in [4.69, 9.17) is 16.3 Å². The van der Waals surface area contributed by atoms with E-state index in [0.29, 0.717) is 29.7 Å². The molecule has 0 aliphatic heterocycles. The van der Waals surface area contributed by atoms with Gasteiger partial charge < -0.3 is 4.74 Å². The highest BCUT2D eigenvalue weighted by Gasteiger charge is 2.06. The maximum absolute atomic E-state index is 11.3. The summed E-state index contributed by atoms with van der Waals surface area (Å²) in [5, 5.41) is 11.8. The van der Waals surface area contributed by atoms with Crippen molar-refractivity contribution in [3.05, 3.63) is 17.3 Å². The van der Waals surface area contributed by atoms with Crippen molar-refractivity contribution >= 4 is 29.1 Å². The lowest BCUT2D eigenvalue weighted by Gasteiger charge is -2.04. The summed E-state index contributed by atoms with van der Waals surface area (Å²) < 4.78 is 4.85. The number of halogens is 1. The predicted octanol–water partition coefficient (Wildman–Crippen LogP) is 2.26. The van der Waals surface area contributed by atoms with E-state index in [1.807, 2.05) is 6.92 Å². The van der Waals surface area contributed by atoms with E-state index in [9.17, 15) is 4.79 Å². The minimum absolute atomic E-state index is 0.165. The first-order valence-electron chi connectivity index (χ1n) is 5.62. The zero-order chi connectivity index (χ0) is 13.4. The minimum Gasteiger partial charge on any atom is -0.466 e. The topological polar surface area (TPSA) is 76.5 Å². The van der Waals surface area contributed by atoms with Crippen molar-refractivity contribution in [2.24, 2.45) is 5.10 Å². The van der Waals surface area contributed by atoms with Crippen molar-refractivity contribution in [1.29, 1.82) is 0 Å². The third kappa shape index (κ3) is 5.09. The van der Waals surface area contributed by atoms with Crippen LogP contribution in [0.15, 0.2) is 17.2 Å². The molecule has 18 heavy (non-hydrogen) atoms. The molecule has 0 saturated heterocycles. The number of rotatable bonds is 6. The molecule has 1 heterocycles. The zero-order valence-corrected chi connectivity index (χ0v) is 11.1. The fourth-order valence-corrected chi connectivity index (χ4v) is 1.23. The number of hydrazone groups is 1. The molecule has 0 saturated carbocycles. The molecule has 0 atom stereocenters. The van der Waals surface area contributed by atoms with Crippen LogP contribution in [0.1, 0.15) is 26.7 Å². The normalized spacial score (nSPS) is 11.2. The Morgan fingerprint density at radius 3 is 2.78 bits per heavy atom. The van der Waals surface area contributed by atoms with Gasteiger partial charge >= 0.3 is 5.97 Å². The Bertz CT molecular complexity index is 420. The second kappa shape index (κ2) is 7.60. The average molecular weight is 271 g/mol. The molecule has 1 rings (SSSR count). The van der Waals surface area contributed by atoms with Gasteiger partial charge in [0.25, 0.3) is 0 Å². The first-order valence-corrected chi connectivity index (χ1v) is 5.99. The molecule has 0 bridgehead atoms. The number of nitrogens with one attached hydrogen (secondary N) is 1. The first-order chi connectivity index (χ1) is 8.65. The monoisotopic (exact) mass is 270 g/mol. The molecule has 6 nitrogen and oxygen atoms in total. The summed E-state index contributed by atoms with van der Waals surface area (Å²) in [6.07, 6.45) is 0.811. The zero-order valence-electron chi connectivity index (χ0n) is 10.3. The van der Waals surface area contributed by atoms with Crippen LogP contribution in [-0.4, -0.2) is 28.5 Å². The Morgan fingerprint density at radius 2 is 2.22 bits per heavy atom. The Balaban J connectivity index is 2.56. The summed E-state index contributed by atoms with van der Waals surface area (Å²) >= 11 is 5.61. The number of hydrogen-bond donors (Lipinski definition) is 1. The summed E-state index contributed by atoms with van der Waals surface area (Å²) in [6.45, 7) is 4.04. The Hall–Kier alpha value is -1.69. The minimum atomic E-state index is -0.290. The highest BCUT2D eigenvalue weighted by Crippen LogP contribution is 2.06. The van der Waals surface area contributed by atoms with E-state index in [1.165, 1.54) is 0 Å². The van der Waals surface area contributed by atoms with Crippen LogP contribution in [-0.2, 0) is 9.53 Å². The summed E-state index contributed by atoms with van der Waals surface area (Å²) in [4.78, 5) is 11.3. The molecule has 0 amide bonds. The average Bonchev–Trinajstić information content (AvgIpc) is 2.36. The molecule has 0 fully saturated rings. The van der Waals surface area contributed by atoms with E-state index >= 15 is 0 Å². The van der Waals surface area contributed by atoms with E-state index in [0.717, 1.165) is 0 Å². The smallest absolute Gasteiger partial charge is 0.311 e. The molecule has 0 aliphatic carbocycles. The van der Waals surface area contributed by atoms with Gasteiger partial charge in [-0.15, -0.1) is 10.2 Å². The largest absolute Gasteiger partial charge is 0.466 e. The highest BCUT2D eigenvalue weighted by atomic mass is 35.5. The summed E-state index contributed by atoms with van der Waals surface area (Å²) in [5.41, 5.74) is 3.40. The summed E-state index contributed by atoms with van der Waals surface area (Å²) in [5.74, 6) is 0.177. The van der Waals surface area contributed by atoms with Crippen LogP contribution in [0.25, 0.3) is 0 Å². The lowest BCUT2D eigenvalue weighted by Crippen LogP contribution is -2.12. The van der Waals surface area contributed by atoms with Gasteiger partial charge in [-0.2, -0.15) is 5.10 Å². The SMILES string of the molecule is CCOC(=O)C/C(CC)=N/Nc1ccc(Cl)nn1. The van der Waals surface area contributed by atoms with Gasteiger partial charge in [-0.3, -0.25) is 10.2 Å². The fraction of sp³-hybridized carbons (Fsp3) is 0.455. The Labute approximate surface area is 110 Å². The fourth-order valence-electron chi connectivity index (χ4n) is 1.13. The maximum atomic E-state index is 11.3. The summed E-state index contributed by atoms with van der Waals surface area (Å²) in [6, 6.07) is 3.25. The molecule has 0 spiro atoms. The van der Waals surface area contributed by atoms with Gasteiger partial charge in [-0.05, 0) is 25.5 Å². The van der Waals surface area contributed by atoms with Crippen molar-refractivity contribution in [3.63, 3.8) is 0 Å². The third-order valence-corrected chi connectivity index (χ3v) is 2.22. The first kappa shape index (κ1) is 14.4. The van der Waals surface area contributed by atoms with Crippen molar-refractivity contribution in [1.82, 2.24) is 10.2 Å². The number of carbonyl (C=O) groups excluding carboxylic acids is 1. The van der Waals surface area contributed by atoms with Crippen LogP contribution in [0.5, 0.6) is 0 Å². The molecule has 0 aliphatic rings. The Morgan fingerprint density at radius 1 is 1.44 bits per heavy atom.